The van der Waals surface area contributed by atoms with E-state index in [-0.39, 0.29) is 46.5 Å². The Bertz CT molecular complexity index is 1600. The normalized spacial score (nSPS) is 13.0. The topological polar surface area (TPSA) is 118 Å². The molecule has 3 N–H and O–H groups in total. The monoisotopic (exact) mass is 569 g/mol. The predicted octanol–water partition coefficient (Wildman–Crippen LogP) is 4.24. The van der Waals surface area contributed by atoms with Crippen molar-refractivity contribution in [2.75, 3.05) is 17.3 Å². The SMILES string of the molecule is CCc1ccc(Nc2c(C(=O)N(C)C3CC3)c(N(C=O)c3cccc(C(F)(F)C(N)=O)c3)n(C)c(=O)c2C)c(F)c1. The number of hydrogen-bond donors (Lipinski definition) is 2. The molecule has 3 aromatic rings. The Kier molecular flexibility index (Phi) is 7.96. The number of pyridine rings is 1. The van der Waals surface area contributed by atoms with E-state index >= 15 is 4.39 Å². The summed E-state index contributed by atoms with van der Waals surface area (Å²) in [5.41, 5.74) is 3.94. The van der Waals surface area contributed by atoms with Crippen molar-refractivity contribution in [1.82, 2.24) is 9.47 Å². The molecule has 0 spiro atoms. The van der Waals surface area contributed by atoms with E-state index in [0.29, 0.717) is 6.42 Å². The van der Waals surface area contributed by atoms with Gasteiger partial charge in [-0.1, -0.05) is 25.1 Å². The van der Waals surface area contributed by atoms with Crippen LogP contribution in [0.1, 0.15) is 46.8 Å². The number of alkyl halides is 2. The van der Waals surface area contributed by atoms with Gasteiger partial charge in [-0.05, 0) is 56.0 Å². The molecule has 3 amide bonds. The van der Waals surface area contributed by atoms with Crippen LogP contribution in [0.3, 0.4) is 0 Å². The third-order valence-corrected chi connectivity index (χ3v) is 7.25. The highest BCUT2D eigenvalue weighted by Gasteiger charge is 2.40. The second-order valence-electron chi connectivity index (χ2n) is 9.97. The second-order valence-corrected chi connectivity index (χ2v) is 9.97. The van der Waals surface area contributed by atoms with Crippen molar-refractivity contribution in [3.8, 4) is 0 Å². The van der Waals surface area contributed by atoms with Crippen LogP contribution in [0.15, 0.2) is 47.3 Å². The van der Waals surface area contributed by atoms with Crippen molar-refractivity contribution in [1.29, 1.82) is 0 Å². The number of amides is 3. The minimum absolute atomic E-state index is 0.00613. The fourth-order valence-corrected chi connectivity index (χ4v) is 4.61. The quantitative estimate of drug-likeness (QED) is 0.354. The molecule has 41 heavy (non-hydrogen) atoms. The summed E-state index contributed by atoms with van der Waals surface area (Å²) < 4.78 is 45.1. The molecule has 0 bridgehead atoms. The Balaban J connectivity index is 1.99. The van der Waals surface area contributed by atoms with E-state index in [2.05, 4.69) is 5.32 Å². The lowest BCUT2D eigenvalue weighted by Crippen LogP contribution is -2.36. The Morgan fingerprint density at radius 2 is 1.88 bits per heavy atom. The van der Waals surface area contributed by atoms with E-state index in [0.717, 1.165) is 40.0 Å². The van der Waals surface area contributed by atoms with Gasteiger partial charge in [0.2, 0.25) is 6.41 Å². The lowest BCUT2D eigenvalue weighted by Gasteiger charge is -2.29. The molecule has 12 heteroatoms. The van der Waals surface area contributed by atoms with Crippen molar-refractivity contribution in [2.24, 2.45) is 12.8 Å². The molecular weight excluding hydrogens is 539 g/mol. The van der Waals surface area contributed by atoms with Gasteiger partial charge in [-0.3, -0.25) is 28.6 Å². The van der Waals surface area contributed by atoms with E-state index in [1.165, 1.54) is 43.1 Å². The highest BCUT2D eigenvalue weighted by atomic mass is 19.3. The number of halogens is 3. The van der Waals surface area contributed by atoms with Crippen LogP contribution in [0.4, 0.5) is 36.1 Å². The smallest absolute Gasteiger partial charge is 0.349 e. The molecule has 0 unspecified atom stereocenters. The number of nitrogens with two attached hydrogens (primary N) is 1. The van der Waals surface area contributed by atoms with Crippen molar-refractivity contribution in [3.05, 3.63) is 80.9 Å². The van der Waals surface area contributed by atoms with Gasteiger partial charge in [0.05, 0.1) is 17.1 Å². The number of anilines is 4. The Hall–Kier alpha value is -4.61. The first kappa shape index (κ1) is 29.4. The Morgan fingerprint density at radius 1 is 1.20 bits per heavy atom. The van der Waals surface area contributed by atoms with Crippen LogP contribution in [0.25, 0.3) is 0 Å². The maximum atomic E-state index is 15.1. The van der Waals surface area contributed by atoms with Gasteiger partial charge in [0.15, 0.2) is 0 Å². The molecule has 4 rings (SSSR count). The second kappa shape index (κ2) is 11.1. The number of primary amides is 1. The zero-order valence-corrected chi connectivity index (χ0v) is 23.0. The maximum Gasteiger partial charge on any atom is 0.349 e. The third-order valence-electron chi connectivity index (χ3n) is 7.25. The fourth-order valence-electron chi connectivity index (χ4n) is 4.61. The number of carbonyl (C=O) groups is 3. The van der Waals surface area contributed by atoms with Crippen molar-refractivity contribution in [3.63, 3.8) is 0 Å². The summed E-state index contributed by atoms with van der Waals surface area (Å²) in [6.45, 7) is 3.33. The average Bonchev–Trinajstić information content (AvgIpc) is 3.80. The van der Waals surface area contributed by atoms with Crippen LogP contribution >= 0.6 is 0 Å². The van der Waals surface area contributed by atoms with Crippen LogP contribution in [-0.2, 0) is 29.0 Å². The summed E-state index contributed by atoms with van der Waals surface area (Å²) in [6, 6.07) is 8.76. The molecule has 1 aliphatic carbocycles. The summed E-state index contributed by atoms with van der Waals surface area (Å²) in [6.07, 6.45) is 2.35. The van der Waals surface area contributed by atoms with Gasteiger partial charge < -0.3 is 16.0 Å². The van der Waals surface area contributed by atoms with Crippen LogP contribution in [-0.4, -0.2) is 40.8 Å². The largest absolute Gasteiger partial charge is 0.364 e. The Morgan fingerprint density at radius 3 is 2.44 bits per heavy atom. The number of aromatic nitrogens is 1. The molecule has 216 valence electrons. The fraction of sp³-hybridized carbons (Fsp3) is 0.310. The third kappa shape index (κ3) is 5.41. The van der Waals surface area contributed by atoms with E-state index in [1.807, 2.05) is 6.92 Å². The maximum absolute atomic E-state index is 15.1. The summed E-state index contributed by atoms with van der Waals surface area (Å²) >= 11 is 0. The summed E-state index contributed by atoms with van der Waals surface area (Å²) in [5, 5.41) is 2.89. The lowest BCUT2D eigenvalue weighted by atomic mass is 10.0. The minimum Gasteiger partial charge on any atom is -0.364 e. The molecule has 2 aromatic carbocycles. The number of benzene rings is 2. The first-order chi connectivity index (χ1) is 19.3. The first-order valence-electron chi connectivity index (χ1n) is 12.9. The number of carbonyl (C=O) groups excluding carboxylic acids is 3. The summed E-state index contributed by atoms with van der Waals surface area (Å²) in [5.74, 6) is -7.36. The van der Waals surface area contributed by atoms with Gasteiger partial charge in [0.1, 0.15) is 17.2 Å². The van der Waals surface area contributed by atoms with Crippen LogP contribution in [0.5, 0.6) is 0 Å². The molecule has 1 aromatic heterocycles. The van der Waals surface area contributed by atoms with Crippen LogP contribution in [0, 0.1) is 12.7 Å². The number of hydrogen-bond acceptors (Lipinski definition) is 5. The highest BCUT2D eigenvalue weighted by molar-refractivity contribution is 6.08. The van der Waals surface area contributed by atoms with Crippen molar-refractivity contribution in [2.45, 2.75) is 45.1 Å². The van der Waals surface area contributed by atoms with Crippen molar-refractivity contribution < 1.29 is 27.6 Å². The molecule has 1 saturated carbocycles. The molecule has 0 atom stereocenters. The van der Waals surface area contributed by atoms with Crippen molar-refractivity contribution >= 4 is 41.1 Å². The molecular formula is C29H30F3N5O4. The van der Waals surface area contributed by atoms with Gasteiger partial charge >= 0.3 is 5.92 Å². The molecule has 9 nitrogen and oxygen atoms in total. The van der Waals surface area contributed by atoms with Gasteiger partial charge in [-0.2, -0.15) is 8.78 Å². The number of aryl methyl sites for hydroxylation is 1. The first-order valence-corrected chi connectivity index (χ1v) is 12.9. The average molecular weight is 570 g/mol. The highest BCUT2D eigenvalue weighted by Crippen LogP contribution is 2.38. The predicted molar refractivity (Wildman–Crippen MR) is 148 cm³/mol. The number of nitrogens with zero attached hydrogens (tertiary/aromatic N) is 3. The van der Waals surface area contributed by atoms with E-state index in [9.17, 15) is 28.0 Å². The molecule has 1 aliphatic rings. The van der Waals surface area contributed by atoms with Gasteiger partial charge in [-0.25, -0.2) is 4.39 Å². The minimum atomic E-state index is -4.05. The molecule has 0 radical (unpaired) electrons. The van der Waals surface area contributed by atoms with E-state index in [4.69, 9.17) is 5.73 Å². The van der Waals surface area contributed by atoms with E-state index < -0.39 is 34.7 Å². The standard InChI is InChI=1S/C29H30F3N5O4/c1-5-17-9-12-22(21(30)13-17)34-24-16(2)26(39)36(4)25(23(24)27(40)35(3)19-10-11-19)37(15-38)20-8-6-7-18(14-20)29(31,32)28(33)41/h6-9,12-15,19,34H,5,10-11H2,1-4H3,(H2,33,41). The van der Waals surface area contributed by atoms with Gasteiger partial charge in [-0.15, -0.1) is 0 Å². The molecule has 0 saturated heterocycles. The molecule has 0 aliphatic heterocycles. The van der Waals surface area contributed by atoms with Crippen LogP contribution < -0.4 is 21.5 Å². The van der Waals surface area contributed by atoms with Gasteiger partial charge in [0, 0.05) is 31.3 Å². The summed E-state index contributed by atoms with van der Waals surface area (Å²) in [7, 11) is 2.90. The van der Waals surface area contributed by atoms with Crippen LogP contribution in [0.2, 0.25) is 0 Å². The zero-order valence-electron chi connectivity index (χ0n) is 23.0. The molecule has 1 fully saturated rings. The number of rotatable bonds is 10. The lowest BCUT2D eigenvalue weighted by molar-refractivity contribution is -0.143. The Labute approximate surface area is 234 Å². The van der Waals surface area contributed by atoms with Gasteiger partial charge in [0.25, 0.3) is 17.4 Å². The zero-order chi connectivity index (χ0) is 30.2. The molecule has 1 heterocycles. The number of nitrogens with one attached hydrogen (secondary N) is 1. The summed E-state index contributed by atoms with van der Waals surface area (Å²) in [4.78, 5) is 53.7. The van der Waals surface area contributed by atoms with E-state index in [1.54, 1.807) is 13.1 Å².